The largest absolute Gasteiger partial charge is 0.353 e. The third-order valence-electron chi connectivity index (χ3n) is 3.16. The molecule has 1 aliphatic rings. The van der Waals surface area contributed by atoms with Crippen molar-refractivity contribution in [3.05, 3.63) is 0 Å². The molecule has 0 spiro atoms. The van der Waals surface area contributed by atoms with Crippen LogP contribution in [0.4, 0.5) is 0 Å². The van der Waals surface area contributed by atoms with E-state index in [0.717, 1.165) is 6.42 Å². The number of hydrogen-bond acceptors (Lipinski definition) is 1. The number of carbonyl (C=O) groups excluding carboxylic acids is 1. The molecule has 0 heterocycles. The van der Waals surface area contributed by atoms with Gasteiger partial charge in [-0.25, -0.2) is 0 Å². The minimum Gasteiger partial charge on any atom is -0.353 e. The molecule has 13 heavy (non-hydrogen) atoms. The number of amides is 1. The lowest BCUT2D eigenvalue weighted by Crippen LogP contribution is -2.46. The molecule has 2 nitrogen and oxygen atoms in total. The third-order valence-corrected chi connectivity index (χ3v) is 3.16. The maximum absolute atomic E-state index is 11.3. The number of carbonyl (C=O) groups is 1. The van der Waals surface area contributed by atoms with Gasteiger partial charge < -0.3 is 5.32 Å². The van der Waals surface area contributed by atoms with Crippen LogP contribution in [0.15, 0.2) is 0 Å². The second kappa shape index (κ2) is 4.12. The topological polar surface area (TPSA) is 29.1 Å². The van der Waals surface area contributed by atoms with Crippen LogP contribution in [0.1, 0.15) is 52.9 Å². The maximum Gasteiger partial charge on any atom is 0.219 e. The first-order chi connectivity index (χ1) is 6.06. The molecule has 1 fully saturated rings. The monoisotopic (exact) mass is 183 g/mol. The summed E-state index contributed by atoms with van der Waals surface area (Å²) in [5.41, 5.74) is 0.295. The second-order valence-corrected chi connectivity index (χ2v) is 4.71. The van der Waals surface area contributed by atoms with Gasteiger partial charge in [0.25, 0.3) is 0 Å². The fourth-order valence-electron chi connectivity index (χ4n) is 2.06. The van der Waals surface area contributed by atoms with E-state index in [1.54, 1.807) is 0 Å². The summed E-state index contributed by atoms with van der Waals surface area (Å²) in [6.07, 6.45) is 5.57. The predicted molar refractivity (Wildman–Crippen MR) is 54.5 cm³/mol. The van der Waals surface area contributed by atoms with Gasteiger partial charge in [-0.2, -0.15) is 0 Å². The second-order valence-electron chi connectivity index (χ2n) is 4.71. The molecule has 2 heteroatoms. The number of nitrogens with one attached hydrogen (secondary N) is 1. The summed E-state index contributed by atoms with van der Waals surface area (Å²) in [4.78, 5) is 11.3. The van der Waals surface area contributed by atoms with Crippen LogP contribution in [0.2, 0.25) is 0 Å². The molecule has 1 saturated carbocycles. The van der Waals surface area contributed by atoms with Crippen LogP contribution in [-0.2, 0) is 4.79 Å². The van der Waals surface area contributed by atoms with Gasteiger partial charge >= 0.3 is 0 Å². The Morgan fingerprint density at radius 2 is 2.15 bits per heavy atom. The summed E-state index contributed by atoms with van der Waals surface area (Å²) in [6, 6.07) is 0.397. The van der Waals surface area contributed by atoms with Crippen molar-refractivity contribution >= 4 is 5.91 Å². The molecule has 0 aromatic heterocycles. The van der Waals surface area contributed by atoms with E-state index >= 15 is 0 Å². The van der Waals surface area contributed by atoms with Gasteiger partial charge in [-0.05, 0) is 18.3 Å². The standard InChI is InChI=1S/C11H21NO/c1-4-10(13)12-9-7-5-6-8-11(9,2)3/h9H,4-8H2,1-3H3,(H,12,13). The highest BCUT2D eigenvalue weighted by Gasteiger charge is 2.32. The van der Waals surface area contributed by atoms with Crippen LogP contribution >= 0.6 is 0 Å². The zero-order valence-electron chi connectivity index (χ0n) is 9.02. The van der Waals surface area contributed by atoms with E-state index in [1.807, 2.05) is 6.92 Å². The summed E-state index contributed by atoms with van der Waals surface area (Å²) in [5.74, 6) is 0.194. The molecule has 1 unspecified atom stereocenters. The lowest BCUT2D eigenvalue weighted by molar-refractivity contribution is -0.122. The Bertz CT molecular complexity index is 187. The maximum atomic E-state index is 11.3. The summed E-state index contributed by atoms with van der Waals surface area (Å²) < 4.78 is 0. The normalized spacial score (nSPS) is 26.8. The van der Waals surface area contributed by atoms with Gasteiger partial charge in [0.1, 0.15) is 0 Å². The Balaban J connectivity index is 2.51. The van der Waals surface area contributed by atoms with E-state index in [1.165, 1.54) is 19.3 Å². The van der Waals surface area contributed by atoms with E-state index in [9.17, 15) is 4.79 Å². The van der Waals surface area contributed by atoms with E-state index in [0.29, 0.717) is 17.9 Å². The molecule has 0 bridgehead atoms. The summed E-state index contributed by atoms with van der Waals surface area (Å²) >= 11 is 0. The molecule has 1 aliphatic carbocycles. The first-order valence-electron chi connectivity index (χ1n) is 5.35. The van der Waals surface area contributed by atoms with Crippen molar-refractivity contribution in [2.75, 3.05) is 0 Å². The fraction of sp³-hybridized carbons (Fsp3) is 0.909. The van der Waals surface area contributed by atoms with Crippen LogP contribution in [0.5, 0.6) is 0 Å². The van der Waals surface area contributed by atoms with Gasteiger partial charge in [-0.15, -0.1) is 0 Å². The molecule has 0 aliphatic heterocycles. The van der Waals surface area contributed by atoms with Gasteiger partial charge in [-0.1, -0.05) is 33.6 Å². The van der Waals surface area contributed by atoms with E-state index in [-0.39, 0.29) is 5.91 Å². The minimum atomic E-state index is 0.194. The zero-order valence-corrected chi connectivity index (χ0v) is 9.02. The van der Waals surface area contributed by atoms with Crippen molar-refractivity contribution in [3.8, 4) is 0 Å². The highest BCUT2D eigenvalue weighted by atomic mass is 16.1. The Kier molecular flexibility index (Phi) is 3.34. The summed E-state index contributed by atoms with van der Waals surface area (Å²) in [5, 5.41) is 3.12. The van der Waals surface area contributed by atoms with Gasteiger partial charge in [0.2, 0.25) is 5.91 Å². The lowest BCUT2D eigenvalue weighted by atomic mass is 9.73. The zero-order chi connectivity index (χ0) is 9.90. The van der Waals surface area contributed by atoms with Crippen LogP contribution in [0, 0.1) is 5.41 Å². The van der Waals surface area contributed by atoms with Crippen LogP contribution in [-0.4, -0.2) is 11.9 Å². The minimum absolute atomic E-state index is 0.194. The van der Waals surface area contributed by atoms with Crippen LogP contribution in [0.3, 0.4) is 0 Å². The van der Waals surface area contributed by atoms with Crippen molar-refractivity contribution < 1.29 is 4.79 Å². The highest BCUT2D eigenvalue weighted by molar-refractivity contribution is 5.75. The van der Waals surface area contributed by atoms with Crippen molar-refractivity contribution in [1.29, 1.82) is 0 Å². The molecule has 0 saturated heterocycles. The van der Waals surface area contributed by atoms with E-state index in [4.69, 9.17) is 0 Å². The van der Waals surface area contributed by atoms with Gasteiger partial charge in [0.15, 0.2) is 0 Å². The molecule has 1 atom stereocenters. The highest BCUT2D eigenvalue weighted by Crippen LogP contribution is 2.35. The molecule has 0 aromatic rings. The van der Waals surface area contributed by atoms with Crippen LogP contribution < -0.4 is 5.32 Å². The van der Waals surface area contributed by atoms with Gasteiger partial charge in [0.05, 0.1) is 0 Å². The molecule has 0 radical (unpaired) electrons. The van der Waals surface area contributed by atoms with Crippen molar-refractivity contribution in [2.45, 2.75) is 58.9 Å². The summed E-state index contributed by atoms with van der Waals surface area (Å²) in [6.45, 7) is 6.42. The van der Waals surface area contributed by atoms with Gasteiger partial charge in [-0.3, -0.25) is 4.79 Å². The number of hydrogen-bond donors (Lipinski definition) is 1. The quantitative estimate of drug-likeness (QED) is 0.700. The van der Waals surface area contributed by atoms with Crippen LogP contribution in [0.25, 0.3) is 0 Å². The predicted octanol–water partition coefficient (Wildman–Crippen LogP) is 2.48. The fourth-order valence-corrected chi connectivity index (χ4v) is 2.06. The Labute approximate surface area is 81.1 Å². The molecular weight excluding hydrogens is 162 g/mol. The lowest BCUT2D eigenvalue weighted by Gasteiger charge is -2.39. The molecule has 76 valence electrons. The smallest absolute Gasteiger partial charge is 0.219 e. The SMILES string of the molecule is CCC(=O)NC1CCCCC1(C)C. The molecule has 1 N–H and O–H groups in total. The molecule has 1 amide bonds. The Hall–Kier alpha value is -0.530. The number of rotatable bonds is 2. The molecule has 0 aromatic carbocycles. The van der Waals surface area contributed by atoms with E-state index < -0.39 is 0 Å². The Morgan fingerprint density at radius 3 is 2.69 bits per heavy atom. The molecular formula is C11H21NO. The average Bonchev–Trinajstić information content (AvgIpc) is 2.08. The van der Waals surface area contributed by atoms with E-state index in [2.05, 4.69) is 19.2 Å². The van der Waals surface area contributed by atoms with Gasteiger partial charge in [0, 0.05) is 12.5 Å². The average molecular weight is 183 g/mol. The third kappa shape index (κ3) is 2.71. The van der Waals surface area contributed by atoms with Crippen molar-refractivity contribution in [1.82, 2.24) is 5.32 Å². The summed E-state index contributed by atoms with van der Waals surface area (Å²) in [7, 11) is 0. The Morgan fingerprint density at radius 1 is 1.46 bits per heavy atom. The first-order valence-corrected chi connectivity index (χ1v) is 5.35. The first kappa shape index (κ1) is 10.6. The molecule has 1 rings (SSSR count). The van der Waals surface area contributed by atoms with Crippen molar-refractivity contribution in [3.63, 3.8) is 0 Å². The van der Waals surface area contributed by atoms with Crippen molar-refractivity contribution in [2.24, 2.45) is 5.41 Å².